The first kappa shape index (κ1) is 15.4. The van der Waals surface area contributed by atoms with E-state index in [2.05, 4.69) is 24.1 Å². The number of fused-ring (bicyclic) bond motifs is 1. The lowest BCUT2D eigenvalue weighted by molar-refractivity contribution is 0.136. The molecule has 0 amide bonds. The third-order valence-corrected chi connectivity index (χ3v) is 4.48. The molecule has 2 heterocycles. The predicted molar refractivity (Wildman–Crippen MR) is 86.9 cm³/mol. The number of aromatic nitrogens is 2. The van der Waals surface area contributed by atoms with E-state index in [1.807, 2.05) is 17.0 Å². The van der Waals surface area contributed by atoms with E-state index in [0.717, 1.165) is 23.9 Å². The number of halogens is 1. The van der Waals surface area contributed by atoms with E-state index in [9.17, 15) is 4.39 Å². The fourth-order valence-corrected chi connectivity index (χ4v) is 3.51. The summed E-state index contributed by atoms with van der Waals surface area (Å²) in [4.78, 5) is 3.06. The molecule has 0 radical (unpaired) electrons. The number of hydrogen-bond acceptors (Lipinski definition) is 4. The molecule has 0 fully saturated rings. The van der Waals surface area contributed by atoms with E-state index in [4.69, 9.17) is 4.74 Å². The van der Waals surface area contributed by atoms with Gasteiger partial charge in [0.25, 0.3) is 0 Å². The summed E-state index contributed by atoms with van der Waals surface area (Å²) >= 11 is 1.55. The summed E-state index contributed by atoms with van der Waals surface area (Å²) in [5.74, 6) is 0.907. The maximum absolute atomic E-state index is 14.1. The highest BCUT2D eigenvalue weighted by Gasteiger charge is 2.28. The molecule has 0 aliphatic carbocycles. The van der Waals surface area contributed by atoms with Crippen molar-refractivity contribution in [2.45, 2.75) is 11.4 Å². The molecule has 118 valence electrons. The molecule has 0 saturated carbocycles. The molecule has 0 N–H and O–H groups in total. The van der Waals surface area contributed by atoms with Crippen LogP contribution in [0.5, 0.6) is 5.88 Å². The van der Waals surface area contributed by atoms with E-state index in [1.165, 1.54) is 6.07 Å². The van der Waals surface area contributed by atoms with Crippen LogP contribution in [0.15, 0.2) is 29.2 Å². The van der Waals surface area contributed by atoms with Crippen LogP contribution in [0, 0.1) is 11.7 Å². The Balaban J connectivity index is 1.98. The Bertz CT molecular complexity index is 671. The molecule has 4 nitrogen and oxygen atoms in total. The topological polar surface area (TPSA) is 30.3 Å². The summed E-state index contributed by atoms with van der Waals surface area (Å²) in [6, 6.07) is 6.75. The van der Waals surface area contributed by atoms with Gasteiger partial charge in [-0.2, -0.15) is 5.10 Å². The molecule has 0 bridgehead atoms. The van der Waals surface area contributed by atoms with Gasteiger partial charge in [0.1, 0.15) is 11.5 Å². The zero-order chi connectivity index (χ0) is 15.7. The van der Waals surface area contributed by atoms with Gasteiger partial charge in [0.05, 0.1) is 18.0 Å². The van der Waals surface area contributed by atoms with Crippen LogP contribution in [0.25, 0.3) is 11.3 Å². The average molecular weight is 321 g/mol. The van der Waals surface area contributed by atoms with Crippen molar-refractivity contribution in [2.75, 3.05) is 33.5 Å². The Hall–Kier alpha value is -1.53. The van der Waals surface area contributed by atoms with E-state index in [0.29, 0.717) is 23.8 Å². The molecule has 22 heavy (non-hydrogen) atoms. The van der Waals surface area contributed by atoms with Gasteiger partial charge < -0.3 is 9.64 Å². The quantitative estimate of drug-likeness (QED) is 0.810. The van der Waals surface area contributed by atoms with Crippen molar-refractivity contribution < 1.29 is 9.13 Å². The van der Waals surface area contributed by atoms with Crippen LogP contribution in [0.3, 0.4) is 0 Å². The number of rotatable bonds is 4. The van der Waals surface area contributed by atoms with E-state index >= 15 is 0 Å². The molecule has 0 spiro atoms. The summed E-state index contributed by atoms with van der Waals surface area (Å²) in [5, 5.41) is 4.62. The second-order valence-corrected chi connectivity index (χ2v) is 6.60. The number of thioether (sulfide) groups is 1. The summed E-state index contributed by atoms with van der Waals surface area (Å²) in [5.41, 5.74) is 1.20. The van der Waals surface area contributed by atoms with Crippen LogP contribution >= 0.6 is 11.8 Å². The summed E-state index contributed by atoms with van der Waals surface area (Å²) in [6.45, 7) is 2.42. The van der Waals surface area contributed by atoms with Gasteiger partial charge in [0, 0.05) is 18.0 Å². The molecule has 1 aliphatic rings. The maximum atomic E-state index is 14.1. The minimum atomic E-state index is -0.252. The second kappa shape index (κ2) is 6.30. The zero-order valence-electron chi connectivity index (χ0n) is 13.0. The molecule has 1 aromatic carbocycles. The van der Waals surface area contributed by atoms with Crippen LogP contribution < -0.4 is 4.74 Å². The highest BCUT2D eigenvalue weighted by atomic mass is 32.2. The van der Waals surface area contributed by atoms with Crippen molar-refractivity contribution in [3.05, 3.63) is 30.1 Å². The summed E-state index contributed by atoms with van der Waals surface area (Å²) < 4.78 is 21.9. The minimum absolute atomic E-state index is 0.252. The molecule has 6 heteroatoms. The lowest BCUT2D eigenvalue weighted by atomic mass is 10.1. The molecule has 2 aromatic rings. The van der Waals surface area contributed by atoms with E-state index < -0.39 is 0 Å². The Morgan fingerprint density at radius 3 is 2.86 bits per heavy atom. The van der Waals surface area contributed by atoms with Gasteiger partial charge in [0.15, 0.2) is 0 Å². The highest BCUT2D eigenvalue weighted by molar-refractivity contribution is 7.98. The lowest BCUT2D eigenvalue weighted by Crippen LogP contribution is -2.33. The zero-order valence-corrected chi connectivity index (χ0v) is 13.9. The Labute approximate surface area is 134 Å². The van der Waals surface area contributed by atoms with Crippen LogP contribution in [-0.4, -0.2) is 48.2 Å². The van der Waals surface area contributed by atoms with Gasteiger partial charge in [-0.3, -0.25) is 0 Å². The minimum Gasteiger partial charge on any atom is -0.477 e. The average Bonchev–Trinajstić information content (AvgIpc) is 2.84. The van der Waals surface area contributed by atoms with Crippen LogP contribution in [-0.2, 0) is 6.54 Å². The van der Waals surface area contributed by atoms with Crippen LogP contribution in [0.2, 0.25) is 0 Å². The van der Waals surface area contributed by atoms with Crippen LogP contribution in [0.1, 0.15) is 0 Å². The molecule has 1 aliphatic heterocycles. The summed E-state index contributed by atoms with van der Waals surface area (Å²) in [7, 11) is 4.10. The fraction of sp³-hybridized carbons (Fsp3) is 0.438. The molecule has 1 aromatic heterocycles. The number of hydrogen-bond donors (Lipinski definition) is 0. The standard InChI is InChI=1S/C16H20FN3OS/c1-19(2)8-11-9-20-16(21-10-11)15(22-3)14(18-20)12-6-4-5-7-13(12)17/h4-7,11H,8-10H2,1-3H3. The van der Waals surface area contributed by atoms with E-state index in [1.54, 1.807) is 23.9 Å². The molecule has 0 saturated heterocycles. The van der Waals surface area contributed by atoms with E-state index in [-0.39, 0.29) is 5.82 Å². The van der Waals surface area contributed by atoms with Crippen molar-refractivity contribution in [1.29, 1.82) is 0 Å². The Morgan fingerprint density at radius 2 is 2.18 bits per heavy atom. The first-order valence-electron chi connectivity index (χ1n) is 7.27. The monoisotopic (exact) mass is 321 g/mol. The summed E-state index contributed by atoms with van der Waals surface area (Å²) in [6.07, 6.45) is 1.97. The van der Waals surface area contributed by atoms with Crippen molar-refractivity contribution in [1.82, 2.24) is 14.7 Å². The Kier molecular flexibility index (Phi) is 4.40. The first-order chi connectivity index (χ1) is 10.6. The van der Waals surface area contributed by atoms with Gasteiger partial charge in [0.2, 0.25) is 5.88 Å². The smallest absolute Gasteiger partial charge is 0.226 e. The molecule has 1 unspecified atom stereocenters. The molecular weight excluding hydrogens is 301 g/mol. The van der Waals surface area contributed by atoms with Gasteiger partial charge in [-0.05, 0) is 32.5 Å². The lowest BCUT2D eigenvalue weighted by Gasteiger charge is -2.26. The van der Waals surface area contributed by atoms with Crippen molar-refractivity contribution >= 4 is 11.8 Å². The Morgan fingerprint density at radius 1 is 1.41 bits per heavy atom. The third-order valence-electron chi connectivity index (χ3n) is 3.71. The third kappa shape index (κ3) is 2.85. The largest absolute Gasteiger partial charge is 0.477 e. The van der Waals surface area contributed by atoms with Crippen molar-refractivity contribution in [3.8, 4) is 17.1 Å². The van der Waals surface area contributed by atoms with Gasteiger partial charge in [-0.25, -0.2) is 9.07 Å². The fourth-order valence-electron chi connectivity index (χ4n) is 2.83. The van der Waals surface area contributed by atoms with Gasteiger partial charge >= 0.3 is 0 Å². The number of nitrogens with zero attached hydrogens (tertiary/aromatic N) is 3. The number of benzene rings is 1. The first-order valence-corrected chi connectivity index (χ1v) is 8.50. The molecule has 1 atom stereocenters. The van der Waals surface area contributed by atoms with Gasteiger partial charge in [-0.1, -0.05) is 12.1 Å². The predicted octanol–water partition coefficient (Wildman–Crippen LogP) is 2.98. The normalized spacial score (nSPS) is 17.4. The van der Waals surface area contributed by atoms with Crippen molar-refractivity contribution in [2.24, 2.45) is 5.92 Å². The molecule has 3 rings (SSSR count). The van der Waals surface area contributed by atoms with Gasteiger partial charge in [-0.15, -0.1) is 11.8 Å². The van der Waals surface area contributed by atoms with Crippen LogP contribution in [0.4, 0.5) is 4.39 Å². The SMILES string of the molecule is CSc1c(-c2ccccc2F)nn2c1OCC(CN(C)C)C2. The highest BCUT2D eigenvalue weighted by Crippen LogP contribution is 2.40. The maximum Gasteiger partial charge on any atom is 0.226 e. The van der Waals surface area contributed by atoms with Crippen molar-refractivity contribution in [3.63, 3.8) is 0 Å². The number of ether oxygens (including phenoxy) is 1. The molecular formula is C16H20FN3OS. The second-order valence-electron chi connectivity index (χ2n) is 5.79.